The van der Waals surface area contributed by atoms with Crippen LogP contribution in [0.25, 0.3) is 0 Å². The average Bonchev–Trinajstić information content (AvgIpc) is 2.16. The molecule has 0 aliphatic carbocycles. The number of rotatable bonds is 1. The molecular formula is C11H21NO. The number of nitrogens with zero attached hydrogens (tertiary/aromatic N) is 1. The summed E-state index contributed by atoms with van der Waals surface area (Å²) in [5, 5.41) is 9.31. The van der Waals surface area contributed by atoms with Gasteiger partial charge in [-0.2, -0.15) is 0 Å². The Labute approximate surface area is 80.9 Å². The van der Waals surface area contributed by atoms with E-state index in [1.165, 1.54) is 38.6 Å². The standard InChI is InChI=1S/C11H21NO/c1-9-6-10-4-2-3-5-12(10)11(7-9)8-13/h9-11,13H,2-8H2,1H3/t9-,10-,11+/m0/s1. The van der Waals surface area contributed by atoms with Gasteiger partial charge >= 0.3 is 0 Å². The van der Waals surface area contributed by atoms with Gasteiger partial charge in [-0.1, -0.05) is 13.3 Å². The molecule has 2 fully saturated rings. The smallest absolute Gasteiger partial charge is 0.0587 e. The first-order valence-corrected chi connectivity index (χ1v) is 5.68. The van der Waals surface area contributed by atoms with Crippen LogP contribution in [0.4, 0.5) is 0 Å². The van der Waals surface area contributed by atoms with E-state index < -0.39 is 0 Å². The van der Waals surface area contributed by atoms with Crippen molar-refractivity contribution in [1.82, 2.24) is 4.90 Å². The van der Waals surface area contributed by atoms with Crippen LogP contribution in [0.15, 0.2) is 0 Å². The van der Waals surface area contributed by atoms with Crippen molar-refractivity contribution in [1.29, 1.82) is 0 Å². The SMILES string of the molecule is C[C@@H]1C[C@H](CO)N2CCCC[C@H]2C1. The molecule has 13 heavy (non-hydrogen) atoms. The first-order valence-electron chi connectivity index (χ1n) is 5.68. The molecule has 2 heteroatoms. The summed E-state index contributed by atoms with van der Waals surface area (Å²) in [4.78, 5) is 2.56. The maximum atomic E-state index is 9.31. The van der Waals surface area contributed by atoms with Crippen molar-refractivity contribution in [2.75, 3.05) is 13.2 Å². The molecule has 2 rings (SSSR count). The van der Waals surface area contributed by atoms with E-state index in [0.717, 1.165) is 12.0 Å². The molecule has 0 saturated carbocycles. The minimum atomic E-state index is 0.362. The van der Waals surface area contributed by atoms with Gasteiger partial charge in [0.2, 0.25) is 0 Å². The number of aliphatic hydroxyl groups excluding tert-OH is 1. The molecule has 0 amide bonds. The summed E-state index contributed by atoms with van der Waals surface area (Å²) in [7, 11) is 0. The second kappa shape index (κ2) is 3.97. The second-order valence-corrected chi connectivity index (χ2v) is 4.80. The third-order valence-corrected chi connectivity index (χ3v) is 3.70. The maximum absolute atomic E-state index is 9.31. The molecule has 2 heterocycles. The van der Waals surface area contributed by atoms with Gasteiger partial charge in [0.15, 0.2) is 0 Å². The summed E-state index contributed by atoms with van der Waals surface area (Å²) < 4.78 is 0. The molecule has 0 aromatic heterocycles. The Hall–Kier alpha value is -0.0800. The average molecular weight is 183 g/mol. The largest absolute Gasteiger partial charge is 0.395 e. The van der Waals surface area contributed by atoms with Gasteiger partial charge in [0.1, 0.15) is 0 Å². The molecule has 0 aromatic rings. The van der Waals surface area contributed by atoms with Crippen LogP contribution in [0.1, 0.15) is 39.0 Å². The summed E-state index contributed by atoms with van der Waals surface area (Å²) in [5.74, 6) is 0.816. The van der Waals surface area contributed by atoms with Crippen LogP contribution < -0.4 is 0 Å². The summed E-state index contributed by atoms with van der Waals surface area (Å²) >= 11 is 0. The Morgan fingerprint density at radius 2 is 2.15 bits per heavy atom. The third kappa shape index (κ3) is 1.89. The summed E-state index contributed by atoms with van der Waals surface area (Å²) in [6.45, 7) is 3.91. The van der Waals surface area contributed by atoms with E-state index in [2.05, 4.69) is 11.8 Å². The zero-order valence-corrected chi connectivity index (χ0v) is 8.58. The zero-order valence-electron chi connectivity index (χ0n) is 8.58. The van der Waals surface area contributed by atoms with Gasteiger partial charge in [-0.25, -0.2) is 0 Å². The van der Waals surface area contributed by atoms with Crippen molar-refractivity contribution in [2.24, 2.45) is 5.92 Å². The van der Waals surface area contributed by atoms with Crippen molar-refractivity contribution in [3.8, 4) is 0 Å². The molecule has 0 aromatic carbocycles. The van der Waals surface area contributed by atoms with Crippen LogP contribution in [0.5, 0.6) is 0 Å². The molecule has 0 radical (unpaired) electrons. The lowest BCUT2D eigenvalue weighted by molar-refractivity contribution is 0.00285. The van der Waals surface area contributed by atoms with Gasteiger partial charge in [0.05, 0.1) is 6.61 Å². The van der Waals surface area contributed by atoms with Crippen LogP contribution in [0.3, 0.4) is 0 Å². The van der Waals surface area contributed by atoms with Gasteiger partial charge in [-0.15, -0.1) is 0 Å². The van der Waals surface area contributed by atoms with Crippen molar-refractivity contribution >= 4 is 0 Å². The third-order valence-electron chi connectivity index (χ3n) is 3.70. The highest BCUT2D eigenvalue weighted by molar-refractivity contribution is 4.89. The summed E-state index contributed by atoms with van der Waals surface area (Å²) in [6.07, 6.45) is 6.65. The molecule has 76 valence electrons. The first-order chi connectivity index (χ1) is 6.31. The Balaban J connectivity index is 2.02. The van der Waals surface area contributed by atoms with Gasteiger partial charge in [-0.05, 0) is 38.1 Å². The highest BCUT2D eigenvalue weighted by Gasteiger charge is 2.34. The van der Waals surface area contributed by atoms with E-state index in [9.17, 15) is 5.11 Å². The van der Waals surface area contributed by atoms with Gasteiger partial charge in [-0.3, -0.25) is 4.90 Å². The fraction of sp³-hybridized carbons (Fsp3) is 1.00. The van der Waals surface area contributed by atoms with E-state index in [-0.39, 0.29) is 0 Å². The number of hydrogen-bond acceptors (Lipinski definition) is 2. The molecule has 0 unspecified atom stereocenters. The first kappa shape index (κ1) is 9.47. The van der Waals surface area contributed by atoms with E-state index in [1.807, 2.05) is 0 Å². The Kier molecular flexibility index (Phi) is 2.89. The van der Waals surface area contributed by atoms with Crippen molar-refractivity contribution in [3.05, 3.63) is 0 Å². The highest BCUT2D eigenvalue weighted by Crippen LogP contribution is 2.32. The Morgan fingerprint density at radius 3 is 2.92 bits per heavy atom. The molecule has 2 aliphatic heterocycles. The highest BCUT2D eigenvalue weighted by atomic mass is 16.3. The topological polar surface area (TPSA) is 23.5 Å². The van der Waals surface area contributed by atoms with Crippen LogP contribution in [0.2, 0.25) is 0 Å². The van der Waals surface area contributed by atoms with Crippen LogP contribution in [-0.4, -0.2) is 35.2 Å². The van der Waals surface area contributed by atoms with Crippen LogP contribution in [0, 0.1) is 5.92 Å². The molecule has 3 atom stereocenters. The lowest BCUT2D eigenvalue weighted by Gasteiger charge is -2.46. The number of aliphatic hydroxyl groups is 1. The molecule has 0 spiro atoms. The number of fused-ring (bicyclic) bond motifs is 1. The normalized spacial score (nSPS) is 41.5. The minimum absolute atomic E-state index is 0.362. The van der Waals surface area contributed by atoms with Gasteiger partial charge < -0.3 is 5.11 Å². The Morgan fingerprint density at radius 1 is 1.31 bits per heavy atom. The fourth-order valence-corrected chi connectivity index (χ4v) is 3.10. The van der Waals surface area contributed by atoms with Crippen molar-refractivity contribution in [3.63, 3.8) is 0 Å². The lowest BCUT2D eigenvalue weighted by atomic mass is 9.83. The Bertz CT molecular complexity index is 163. The minimum Gasteiger partial charge on any atom is -0.395 e. The number of piperidine rings is 2. The fourth-order valence-electron chi connectivity index (χ4n) is 3.10. The van der Waals surface area contributed by atoms with Gasteiger partial charge in [0, 0.05) is 12.1 Å². The van der Waals surface area contributed by atoms with E-state index in [0.29, 0.717) is 12.6 Å². The van der Waals surface area contributed by atoms with Crippen LogP contribution >= 0.6 is 0 Å². The number of hydrogen-bond donors (Lipinski definition) is 1. The van der Waals surface area contributed by atoms with E-state index in [1.54, 1.807) is 0 Å². The monoisotopic (exact) mass is 183 g/mol. The molecule has 2 aliphatic rings. The molecular weight excluding hydrogens is 162 g/mol. The van der Waals surface area contributed by atoms with Gasteiger partial charge in [0.25, 0.3) is 0 Å². The summed E-state index contributed by atoms with van der Waals surface area (Å²) in [6, 6.07) is 1.25. The quantitative estimate of drug-likeness (QED) is 0.668. The lowest BCUT2D eigenvalue weighted by Crippen LogP contribution is -2.52. The maximum Gasteiger partial charge on any atom is 0.0587 e. The second-order valence-electron chi connectivity index (χ2n) is 4.80. The zero-order chi connectivity index (χ0) is 9.26. The molecule has 1 N–H and O–H groups in total. The molecule has 2 nitrogen and oxygen atoms in total. The predicted molar refractivity (Wildman–Crippen MR) is 53.6 cm³/mol. The van der Waals surface area contributed by atoms with E-state index in [4.69, 9.17) is 0 Å². The molecule has 2 saturated heterocycles. The molecule has 0 bridgehead atoms. The van der Waals surface area contributed by atoms with Crippen molar-refractivity contribution < 1.29 is 5.11 Å². The van der Waals surface area contributed by atoms with Crippen molar-refractivity contribution in [2.45, 2.75) is 51.1 Å². The predicted octanol–water partition coefficient (Wildman–Crippen LogP) is 1.63. The summed E-state index contributed by atoms with van der Waals surface area (Å²) in [5.41, 5.74) is 0. The van der Waals surface area contributed by atoms with E-state index >= 15 is 0 Å². The van der Waals surface area contributed by atoms with Crippen LogP contribution in [-0.2, 0) is 0 Å².